The lowest BCUT2D eigenvalue weighted by Gasteiger charge is -2.38. The van der Waals surface area contributed by atoms with E-state index in [1.54, 1.807) is 0 Å². The molecule has 1 N–H and O–H groups in total. The van der Waals surface area contributed by atoms with Crippen LogP contribution in [0.15, 0.2) is 0 Å². The minimum Gasteiger partial charge on any atom is -0.444 e. The fourth-order valence-electron chi connectivity index (χ4n) is 2.41. The van der Waals surface area contributed by atoms with Crippen molar-refractivity contribution in [3.05, 3.63) is 0 Å². The van der Waals surface area contributed by atoms with Crippen LogP contribution in [0.5, 0.6) is 0 Å². The van der Waals surface area contributed by atoms with Gasteiger partial charge >= 0.3 is 6.09 Å². The van der Waals surface area contributed by atoms with Gasteiger partial charge in [0.2, 0.25) is 0 Å². The van der Waals surface area contributed by atoms with E-state index in [9.17, 15) is 9.59 Å². The van der Waals surface area contributed by atoms with E-state index in [4.69, 9.17) is 9.84 Å². The number of hydrogen-bond donors (Lipinski definition) is 1. The molecule has 2 unspecified atom stereocenters. The van der Waals surface area contributed by atoms with Gasteiger partial charge in [-0.2, -0.15) is 0 Å². The summed E-state index contributed by atoms with van der Waals surface area (Å²) in [6.45, 7) is 11.8. The molecular formula is C17H33NO4. The Balaban J connectivity index is 0.00000135. The van der Waals surface area contributed by atoms with Gasteiger partial charge < -0.3 is 9.84 Å². The van der Waals surface area contributed by atoms with Crippen molar-refractivity contribution in [3.8, 4) is 0 Å². The Bertz CT molecular complexity index is 349. The molecular weight excluding hydrogens is 282 g/mol. The number of amides is 1. The van der Waals surface area contributed by atoms with Crippen LogP contribution in [-0.2, 0) is 9.53 Å². The molecule has 5 nitrogen and oxygen atoms in total. The summed E-state index contributed by atoms with van der Waals surface area (Å²) in [6, 6.07) is -0.417. The van der Waals surface area contributed by atoms with Crippen LogP contribution in [0.1, 0.15) is 67.2 Å². The van der Waals surface area contributed by atoms with Crippen molar-refractivity contribution in [1.82, 2.24) is 4.90 Å². The summed E-state index contributed by atoms with van der Waals surface area (Å²) in [7, 11) is 0. The Labute approximate surface area is 135 Å². The van der Waals surface area contributed by atoms with Crippen LogP contribution in [0.2, 0.25) is 0 Å². The first-order valence-electron chi connectivity index (χ1n) is 8.27. The lowest BCUT2D eigenvalue weighted by atomic mass is 9.87. The Kier molecular flexibility index (Phi) is 9.33. The van der Waals surface area contributed by atoms with Gasteiger partial charge in [0.05, 0.1) is 6.04 Å². The van der Waals surface area contributed by atoms with Crippen LogP contribution in [0.3, 0.4) is 0 Å². The summed E-state index contributed by atoms with van der Waals surface area (Å²) in [5, 5.41) is 8.98. The van der Waals surface area contributed by atoms with E-state index in [2.05, 4.69) is 13.8 Å². The first kappa shape index (κ1) is 20.9. The monoisotopic (exact) mass is 315 g/mol. The predicted molar refractivity (Wildman–Crippen MR) is 87.8 cm³/mol. The van der Waals surface area contributed by atoms with Gasteiger partial charge in [0.15, 0.2) is 5.78 Å². The van der Waals surface area contributed by atoms with E-state index in [-0.39, 0.29) is 12.4 Å². The van der Waals surface area contributed by atoms with Crippen LogP contribution in [0, 0.1) is 5.92 Å². The van der Waals surface area contributed by atoms with Gasteiger partial charge in [-0.05, 0) is 52.9 Å². The number of nitrogens with zero attached hydrogens (tertiary/aromatic N) is 1. The van der Waals surface area contributed by atoms with Gasteiger partial charge in [0.25, 0.3) is 0 Å². The minimum atomic E-state index is -0.555. The highest BCUT2D eigenvalue weighted by atomic mass is 16.6. The molecule has 0 bridgehead atoms. The van der Waals surface area contributed by atoms with Gasteiger partial charge in [0, 0.05) is 13.2 Å². The van der Waals surface area contributed by atoms with Gasteiger partial charge in [-0.15, -0.1) is 0 Å². The van der Waals surface area contributed by atoms with E-state index in [0.29, 0.717) is 25.3 Å². The van der Waals surface area contributed by atoms with Crippen molar-refractivity contribution >= 4 is 11.9 Å². The molecule has 1 aliphatic rings. The molecule has 1 amide bonds. The predicted octanol–water partition coefficient (Wildman–Crippen LogP) is 3.39. The third-order valence-electron chi connectivity index (χ3n) is 3.35. The Morgan fingerprint density at radius 2 is 1.82 bits per heavy atom. The molecule has 1 saturated heterocycles. The fraction of sp³-hybridized carbons (Fsp3) is 0.882. The van der Waals surface area contributed by atoms with Crippen LogP contribution >= 0.6 is 0 Å². The summed E-state index contributed by atoms with van der Waals surface area (Å²) in [4.78, 5) is 25.3. The van der Waals surface area contributed by atoms with Crippen molar-refractivity contribution in [1.29, 1.82) is 0 Å². The molecule has 2 atom stereocenters. The van der Waals surface area contributed by atoms with Crippen molar-refractivity contribution in [2.45, 2.75) is 78.9 Å². The van der Waals surface area contributed by atoms with Gasteiger partial charge in [-0.25, -0.2) is 4.79 Å². The molecule has 0 aliphatic carbocycles. The Hall–Kier alpha value is -1.10. The van der Waals surface area contributed by atoms with Gasteiger partial charge in [-0.3, -0.25) is 9.69 Å². The zero-order chi connectivity index (χ0) is 17.3. The summed E-state index contributed by atoms with van der Waals surface area (Å²) in [5.41, 5.74) is -0.555. The first-order valence-corrected chi connectivity index (χ1v) is 8.27. The third kappa shape index (κ3) is 7.78. The zero-order valence-corrected chi connectivity index (χ0v) is 15.0. The topological polar surface area (TPSA) is 66.8 Å². The second-order valence-corrected chi connectivity index (χ2v) is 6.91. The number of rotatable bonds is 3. The van der Waals surface area contributed by atoms with E-state index >= 15 is 0 Å². The quantitative estimate of drug-likeness (QED) is 0.867. The molecule has 0 radical (unpaired) electrons. The summed E-state index contributed by atoms with van der Waals surface area (Å²) in [5.74, 6) is 0.283. The number of ether oxygens (including phenoxy) is 1. The fourth-order valence-corrected chi connectivity index (χ4v) is 2.41. The van der Waals surface area contributed by atoms with Crippen molar-refractivity contribution in [2.75, 3.05) is 13.2 Å². The molecule has 1 aliphatic heterocycles. The maximum Gasteiger partial charge on any atom is 0.410 e. The number of carbonyl (C=O) groups is 2. The van der Waals surface area contributed by atoms with E-state index in [0.717, 1.165) is 6.42 Å². The number of aliphatic hydroxyl groups excluding tert-OH is 1. The second-order valence-electron chi connectivity index (χ2n) is 6.91. The molecule has 1 heterocycles. The first-order chi connectivity index (χ1) is 10.2. The standard InChI is InChI=1S/C14H25NO4.C3H8/c1-10(17)12-9-11(6-8-16)5-7-15(12)13(18)19-14(2,3)4;1-3-2/h11-12,16H,5-9H2,1-4H3;3H2,1-2H3. The molecule has 0 aromatic carbocycles. The minimum absolute atomic E-state index is 0.0199. The molecule has 130 valence electrons. The number of likely N-dealkylation sites (tertiary alicyclic amines) is 1. The van der Waals surface area contributed by atoms with E-state index < -0.39 is 17.7 Å². The maximum atomic E-state index is 12.1. The number of piperidine rings is 1. The molecule has 22 heavy (non-hydrogen) atoms. The maximum absolute atomic E-state index is 12.1. The largest absolute Gasteiger partial charge is 0.444 e. The SMILES string of the molecule is CC(=O)C1CC(CCO)CCN1C(=O)OC(C)(C)C.CCC. The number of carbonyl (C=O) groups excluding carboxylic acids is 2. The molecule has 0 aromatic rings. The normalized spacial score (nSPS) is 21.7. The van der Waals surface area contributed by atoms with Crippen molar-refractivity contribution in [3.63, 3.8) is 0 Å². The zero-order valence-electron chi connectivity index (χ0n) is 15.0. The van der Waals surface area contributed by atoms with Crippen LogP contribution < -0.4 is 0 Å². The smallest absolute Gasteiger partial charge is 0.410 e. The highest BCUT2D eigenvalue weighted by Gasteiger charge is 2.36. The van der Waals surface area contributed by atoms with Crippen LogP contribution in [0.25, 0.3) is 0 Å². The molecule has 0 spiro atoms. The van der Waals surface area contributed by atoms with Gasteiger partial charge in [-0.1, -0.05) is 20.3 Å². The molecule has 1 rings (SSSR count). The molecule has 5 heteroatoms. The lowest BCUT2D eigenvalue weighted by Crippen LogP contribution is -2.51. The Morgan fingerprint density at radius 3 is 2.23 bits per heavy atom. The van der Waals surface area contributed by atoms with Crippen LogP contribution in [0.4, 0.5) is 4.79 Å². The number of hydrogen-bond acceptors (Lipinski definition) is 4. The van der Waals surface area contributed by atoms with Crippen molar-refractivity contribution < 1.29 is 19.4 Å². The number of aliphatic hydroxyl groups is 1. The summed E-state index contributed by atoms with van der Waals surface area (Å²) in [6.07, 6.45) is 2.94. The second kappa shape index (κ2) is 9.82. The van der Waals surface area contributed by atoms with Crippen molar-refractivity contribution in [2.24, 2.45) is 5.92 Å². The van der Waals surface area contributed by atoms with Crippen LogP contribution in [-0.4, -0.2) is 46.7 Å². The van der Waals surface area contributed by atoms with E-state index in [1.807, 2.05) is 20.8 Å². The summed E-state index contributed by atoms with van der Waals surface area (Å²) < 4.78 is 5.34. The highest BCUT2D eigenvalue weighted by Crippen LogP contribution is 2.27. The third-order valence-corrected chi connectivity index (χ3v) is 3.35. The molecule has 0 aromatic heterocycles. The molecule has 0 saturated carbocycles. The summed E-state index contributed by atoms with van der Waals surface area (Å²) >= 11 is 0. The number of Topliss-reactive ketones (excluding diaryl/α,β-unsaturated/α-hetero) is 1. The highest BCUT2D eigenvalue weighted by molar-refractivity contribution is 5.85. The van der Waals surface area contributed by atoms with E-state index in [1.165, 1.54) is 18.2 Å². The molecule has 1 fully saturated rings. The number of ketones is 1. The average Bonchev–Trinajstić information content (AvgIpc) is 2.37. The van der Waals surface area contributed by atoms with Gasteiger partial charge in [0.1, 0.15) is 5.60 Å². The Morgan fingerprint density at radius 1 is 1.27 bits per heavy atom. The lowest BCUT2D eigenvalue weighted by molar-refractivity contribution is -0.124. The average molecular weight is 315 g/mol.